The first-order valence-electron chi connectivity index (χ1n) is 6.84. The van der Waals surface area contributed by atoms with Crippen LogP contribution in [0.2, 0.25) is 0 Å². The Balaban J connectivity index is 2.19. The van der Waals surface area contributed by atoms with Crippen molar-refractivity contribution in [3.05, 3.63) is 52.0 Å². The zero-order chi connectivity index (χ0) is 17.0. The number of hydrogen-bond acceptors (Lipinski definition) is 4. The van der Waals surface area contributed by atoms with Crippen molar-refractivity contribution in [2.24, 2.45) is 0 Å². The molecule has 0 saturated heterocycles. The van der Waals surface area contributed by atoms with E-state index in [0.29, 0.717) is 16.0 Å². The Hall–Kier alpha value is -1.57. The Morgan fingerprint density at radius 1 is 1.04 bits per heavy atom. The molecule has 124 valence electrons. The van der Waals surface area contributed by atoms with Crippen molar-refractivity contribution in [3.63, 3.8) is 0 Å². The van der Waals surface area contributed by atoms with Gasteiger partial charge in [-0.3, -0.25) is 0 Å². The monoisotopic (exact) mass is 399 g/mol. The quantitative estimate of drug-likeness (QED) is 0.809. The van der Waals surface area contributed by atoms with Gasteiger partial charge in [0.2, 0.25) is 10.0 Å². The number of halogens is 1. The van der Waals surface area contributed by atoms with E-state index in [4.69, 9.17) is 9.47 Å². The largest absolute Gasteiger partial charge is 0.493 e. The lowest BCUT2D eigenvalue weighted by molar-refractivity contribution is 0.354. The summed E-state index contributed by atoms with van der Waals surface area (Å²) in [7, 11) is -0.522. The Bertz CT molecular complexity index is 806. The number of methoxy groups -OCH3 is 2. The van der Waals surface area contributed by atoms with E-state index in [-0.39, 0.29) is 11.4 Å². The summed E-state index contributed by atoms with van der Waals surface area (Å²) >= 11 is 3.30. The van der Waals surface area contributed by atoms with Gasteiger partial charge in [-0.25, -0.2) is 13.1 Å². The molecule has 5 nitrogen and oxygen atoms in total. The Morgan fingerprint density at radius 3 is 2.35 bits per heavy atom. The summed E-state index contributed by atoms with van der Waals surface area (Å²) in [6, 6.07) is 10.4. The lowest BCUT2D eigenvalue weighted by Crippen LogP contribution is -2.23. The molecule has 0 radical (unpaired) electrons. The van der Waals surface area contributed by atoms with Gasteiger partial charge in [-0.05, 0) is 58.2 Å². The highest BCUT2D eigenvalue weighted by atomic mass is 79.9. The third-order valence-corrected chi connectivity index (χ3v) is 5.67. The maximum Gasteiger partial charge on any atom is 0.241 e. The molecule has 0 aromatic heterocycles. The molecule has 0 aliphatic rings. The van der Waals surface area contributed by atoms with Crippen LogP contribution < -0.4 is 14.2 Å². The SMILES string of the molecule is COc1ccc(CNS(=O)(=O)c2ccc(C)cc2Br)cc1OC. The fourth-order valence-corrected chi connectivity index (χ4v) is 4.28. The zero-order valence-electron chi connectivity index (χ0n) is 13.1. The predicted molar refractivity (Wildman–Crippen MR) is 92.5 cm³/mol. The second-order valence-corrected chi connectivity index (χ2v) is 7.54. The maximum atomic E-state index is 12.4. The second kappa shape index (κ2) is 7.33. The third kappa shape index (κ3) is 4.25. The molecule has 2 aromatic rings. The lowest BCUT2D eigenvalue weighted by atomic mass is 10.2. The molecular weight excluding hydrogens is 382 g/mol. The van der Waals surface area contributed by atoms with E-state index in [1.54, 1.807) is 43.5 Å². The third-order valence-electron chi connectivity index (χ3n) is 3.29. The molecule has 23 heavy (non-hydrogen) atoms. The smallest absolute Gasteiger partial charge is 0.241 e. The van der Waals surface area contributed by atoms with Crippen LogP contribution in [0.4, 0.5) is 0 Å². The molecule has 0 atom stereocenters. The van der Waals surface area contributed by atoms with Gasteiger partial charge >= 0.3 is 0 Å². The minimum absolute atomic E-state index is 0.156. The first kappa shape index (κ1) is 17.8. The van der Waals surface area contributed by atoms with E-state index in [2.05, 4.69) is 20.7 Å². The summed E-state index contributed by atoms with van der Waals surface area (Å²) in [5.74, 6) is 1.15. The number of hydrogen-bond donors (Lipinski definition) is 1. The molecule has 1 N–H and O–H groups in total. The highest BCUT2D eigenvalue weighted by molar-refractivity contribution is 9.10. The fourth-order valence-electron chi connectivity index (χ4n) is 2.07. The fraction of sp³-hybridized carbons (Fsp3) is 0.250. The summed E-state index contributed by atoms with van der Waals surface area (Å²) in [5.41, 5.74) is 1.75. The Kier molecular flexibility index (Phi) is 5.67. The maximum absolute atomic E-state index is 12.4. The number of nitrogens with one attached hydrogen (secondary N) is 1. The van der Waals surface area contributed by atoms with Gasteiger partial charge in [-0.1, -0.05) is 12.1 Å². The highest BCUT2D eigenvalue weighted by Gasteiger charge is 2.17. The molecule has 0 aliphatic heterocycles. The molecule has 0 fully saturated rings. The van der Waals surface area contributed by atoms with Gasteiger partial charge < -0.3 is 9.47 Å². The lowest BCUT2D eigenvalue weighted by Gasteiger charge is -2.11. The molecule has 0 unspecified atom stereocenters. The van der Waals surface area contributed by atoms with Gasteiger partial charge in [-0.2, -0.15) is 0 Å². The van der Waals surface area contributed by atoms with Crippen LogP contribution in [-0.2, 0) is 16.6 Å². The minimum atomic E-state index is -3.61. The van der Waals surface area contributed by atoms with Gasteiger partial charge in [0.25, 0.3) is 0 Å². The highest BCUT2D eigenvalue weighted by Crippen LogP contribution is 2.28. The van der Waals surface area contributed by atoms with E-state index in [1.165, 1.54) is 7.11 Å². The first-order valence-corrected chi connectivity index (χ1v) is 9.11. The van der Waals surface area contributed by atoms with Gasteiger partial charge in [0.15, 0.2) is 11.5 Å². The van der Waals surface area contributed by atoms with E-state index in [9.17, 15) is 8.42 Å². The van der Waals surface area contributed by atoms with E-state index >= 15 is 0 Å². The molecule has 0 amide bonds. The van der Waals surface area contributed by atoms with E-state index in [1.807, 2.05) is 6.92 Å². The first-order chi connectivity index (χ1) is 10.9. The average molecular weight is 400 g/mol. The van der Waals surface area contributed by atoms with Crippen molar-refractivity contribution >= 4 is 26.0 Å². The van der Waals surface area contributed by atoms with Crippen LogP contribution in [0.15, 0.2) is 45.8 Å². The van der Waals surface area contributed by atoms with Crippen LogP contribution in [0, 0.1) is 6.92 Å². The molecular formula is C16H18BrNO4S. The summed E-state index contributed by atoms with van der Waals surface area (Å²) in [6.45, 7) is 2.06. The van der Waals surface area contributed by atoms with Crippen molar-refractivity contribution in [1.82, 2.24) is 4.72 Å². The number of benzene rings is 2. The summed E-state index contributed by atoms with van der Waals surface area (Å²) < 4.78 is 38.3. The van der Waals surface area contributed by atoms with Crippen molar-refractivity contribution in [2.75, 3.05) is 14.2 Å². The predicted octanol–water partition coefficient (Wildman–Crippen LogP) is 3.25. The van der Waals surface area contributed by atoms with Crippen LogP contribution in [0.5, 0.6) is 11.5 Å². The molecule has 0 aliphatic carbocycles. The molecule has 0 spiro atoms. The summed E-state index contributed by atoms with van der Waals surface area (Å²) in [4.78, 5) is 0.212. The van der Waals surface area contributed by atoms with Gasteiger partial charge in [0.05, 0.1) is 19.1 Å². The van der Waals surface area contributed by atoms with Crippen LogP contribution in [0.1, 0.15) is 11.1 Å². The van der Waals surface area contributed by atoms with Crippen molar-refractivity contribution in [3.8, 4) is 11.5 Å². The average Bonchev–Trinajstić information content (AvgIpc) is 2.52. The van der Waals surface area contributed by atoms with Crippen LogP contribution in [-0.4, -0.2) is 22.6 Å². The normalized spacial score (nSPS) is 11.3. The number of ether oxygens (including phenoxy) is 2. The minimum Gasteiger partial charge on any atom is -0.493 e. The van der Waals surface area contributed by atoms with Gasteiger partial charge in [0.1, 0.15) is 0 Å². The number of aryl methyl sites for hydroxylation is 1. The van der Waals surface area contributed by atoms with E-state index < -0.39 is 10.0 Å². The summed E-state index contributed by atoms with van der Waals surface area (Å²) in [5, 5.41) is 0. The zero-order valence-corrected chi connectivity index (χ0v) is 15.5. The molecule has 0 heterocycles. The topological polar surface area (TPSA) is 64.6 Å². The number of rotatable bonds is 6. The van der Waals surface area contributed by atoms with E-state index in [0.717, 1.165) is 11.1 Å². The molecule has 0 bridgehead atoms. The van der Waals surface area contributed by atoms with Gasteiger partial charge in [-0.15, -0.1) is 0 Å². The Morgan fingerprint density at radius 2 is 1.74 bits per heavy atom. The van der Waals surface area contributed by atoms with Crippen LogP contribution >= 0.6 is 15.9 Å². The van der Waals surface area contributed by atoms with Gasteiger partial charge in [0, 0.05) is 11.0 Å². The number of sulfonamides is 1. The van der Waals surface area contributed by atoms with Crippen molar-refractivity contribution in [1.29, 1.82) is 0 Å². The molecule has 2 aromatic carbocycles. The summed E-state index contributed by atoms with van der Waals surface area (Å²) in [6.07, 6.45) is 0. The molecule has 2 rings (SSSR count). The Labute approximate surface area is 144 Å². The molecule has 0 saturated carbocycles. The van der Waals surface area contributed by atoms with Crippen LogP contribution in [0.25, 0.3) is 0 Å². The molecule has 7 heteroatoms. The van der Waals surface area contributed by atoms with Crippen molar-refractivity contribution in [2.45, 2.75) is 18.4 Å². The second-order valence-electron chi connectivity index (χ2n) is 4.95. The van der Waals surface area contributed by atoms with Crippen molar-refractivity contribution < 1.29 is 17.9 Å². The van der Waals surface area contributed by atoms with Crippen LogP contribution in [0.3, 0.4) is 0 Å². The standard InChI is InChI=1S/C16H18BrNO4S/c1-11-4-7-16(13(17)8-11)23(19,20)18-10-12-5-6-14(21-2)15(9-12)22-3/h4-9,18H,10H2,1-3H3.